The molecular formula is C28H30N2O2. The summed E-state index contributed by atoms with van der Waals surface area (Å²) in [6.07, 6.45) is 5.23. The van der Waals surface area contributed by atoms with Crippen molar-refractivity contribution < 1.29 is 9.47 Å². The van der Waals surface area contributed by atoms with Gasteiger partial charge in [0.2, 0.25) is 0 Å². The number of benzene rings is 3. The van der Waals surface area contributed by atoms with Crippen molar-refractivity contribution in [2.75, 3.05) is 13.7 Å². The fourth-order valence-electron chi connectivity index (χ4n) is 3.87. The Morgan fingerprint density at radius 2 is 1.53 bits per heavy atom. The highest BCUT2D eigenvalue weighted by Crippen LogP contribution is 2.31. The maximum atomic E-state index is 5.85. The highest BCUT2D eigenvalue weighted by Gasteiger charge is 2.14. The van der Waals surface area contributed by atoms with Crippen molar-refractivity contribution in [3.63, 3.8) is 0 Å². The van der Waals surface area contributed by atoms with Gasteiger partial charge in [-0.1, -0.05) is 72.8 Å². The molecule has 0 aliphatic rings. The molecule has 0 radical (unpaired) electrons. The zero-order valence-electron chi connectivity index (χ0n) is 18.6. The number of hydrogen-bond acceptors (Lipinski definition) is 3. The zero-order valence-corrected chi connectivity index (χ0v) is 18.6. The molecule has 0 N–H and O–H groups in total. The number of ether oxygens (including phenoxy) is 2. The smallest absolute Gasteiger partial charge is 0.119 e. The van der Waals surface area contributed by atoms with Gasteiger partial charge in [-0.15, -0.1) is 0 Å². The molecule has 4 heteroatoms. The molecule has 0 fully saturated rings. The van der Waals surface area contributed by atoms with Crippen LogP contribution in [0, 0.1) is 0 Å². The minimum atomic E-state index is 0.622. The summed E-state index contributed by atoms with van der Waals surface area (Å²) in [5, 5.41) is 0. The summed E-state index contributed by atoms with van der Waals surface area (Å²) >= 11 is 0. The Labute approximate surface area is 190 Å². The Hall–Kier alpha value is -3.37. The fraction of sp³-hybridized carbons (Fsp3) is 0.250. The van der Waals surface area contributed by atoms with Crippen LogP contribution in [0.3, 0.4) is 0 Å². The Balaban J connectivity index is 1.31. The molecule has 4 aromatic rings. The Morgan fingerprint density at radius 3 is 2.28 bits per heavy atom. The van der Waals surface area contributed by atoms with Gasteiger partial charge in [0.05, 0.1) is 31.4 Å². The minimum Gasteiger partial charge on any atom is -0.497 e. The van der Waals surface area contributed by atoms with Gasteiger partial charge in [-0.3, -0.25) is 0 Å². The third-order valence-corrected chi connectivity index (χ3v) is 5.52. The molecule has 164 valence electrons. The highest BCUT2D eigenvalue weighted by molar-refractivity contribution is 5.78. The van der Waals surface area contributed by atoms with Crippen LogP contribution in [0.1, 0.15) is 24.8 Å². The van der Waals surface area contributed by atoms with Crippen LogP contribution in [-0.2, 0) is 17.9 Å². The van der Waals surface area contributed by atoms with E-state index in [1.54, 1.807) is 7.11 Å². The van der Waals surface area contributed by atoms with Crippen molar-refractivity contribution in [1.82, 2.24) is 9.55 Å². The van der Waals surface area contributed by atoms with Crippen molar-refractivity contribution in [2.24, 2.45) is 0 Å². The number of aromatic nitrogens is 2. The van der Waals surface area contributed by atoms with Gasteiger partial charge in [-0.2, -0.15) is 0 Å². The third kappa shape index (κ3) is 5.65. The van der Waals surface area contributed by atoms with Crippen LogP contribution in [0.25, 0.3) is 22.5 Å². The maximum Gasteiger partial charge on any atom is 0.119 e. The SMILES string of the molecule is COc1cccc(COCCCCCn2cnc(-c3ccccc3)c2-c2ccccc2)c1. The Bertz CT molecular complexity index is 1090. The number of aryl methyl sites for hydroxylation is 1. The molecule has 0 bridgehead atoms. The zero-order chi connectivity index (χ0) is 22.0. The molecule has 0 unspecified atom stereocenters. The first-order valence-corrected chi connectivity index (χ1v) is 11.2. The maximum absolute atomic E-state index is 5.85. The molecule has 4 rings (SSSR count). The molecule has 0 saturated carbocycles. The Morgan fingerprint density at radius 1 is 0.781 bits per heavy atom. The molecular weight excluding hydrogens is 396 g/mol. The molecule has 0 aliphatic carbocycles. The summed E-state index contributed by atoms with van der Waals surface area (Å²) in [6, 6.07) is 29.0. The van der Waals surface area contributed by atoms with Crippen LogP contribution >= 0.6 is 0 Å². The Kier molecular flexibility index (Phi) is 7.72. The van der Waals surface area contributed by atoms with Gasteiger partial charge in [0.25, 0.3) is 0 Å². The third-order valence-electron chi connectivity index (χ3n) is 5.52. The van der Waals surface area contributed by atoms with Crippen LogP contribution in [0.2, 0.25) is 0 Å². The van der Waals surface area contributed by atoms with Gasteiger partial charge < -0.3 is 14.0 Å². The van der Waals surface area contributed by atoms with E-state index in [9.17, 15) is 0 Å². The lowest BCUT2D eigenvalue weighted by atomic mass is 10.0. The average Bonchev–Trinajstić information content (AvgIpc) is 3.28. The largest absolute Gasteiger partial charge is 0.497 e. The van der Waals surface area contributed by atoms with Crippen LogP contribution in [0.4, 0.5) is 0 Å². The molecule has 0 atom stereocenters. The van der Waals surface area contributed by atoms with Crippen molar-refractivity contribution in [3.8, 4) is 28.3 Å². The van der Waals surface area contributed by atoms with Crippen molar-refractivity contribution in [2.45, 2.75) is 32.4 Å². The van der Waals surface area contributed by atoms with Crippen LogP contribution < -0.4 is 4.74 Å². The first kappa shape index (κ1) is 21.8. The van der Waals surface area contributed by atoms with Gasteiger partial charge in [-0.05, 0) is 37.0 Å². The molecule has 32 heavy (non-hydrogen) atoms. The first-order valence-electron chi connectivity index (χ1n) is 11.2. The van der Waals surface area contributed by atoms with E-state index in [0.29, 0.717) is 6.61 Å². The van der Waals surface area contributed by atoms with Gasteiger partial charge >= 0.3 is 0 Å². The number of rotatable bonds is 11. The van der Waals surface area contributed by atoms with E-state index < -0.39 is 0 Å². The lowest BCUT2D eigenvalue weighted by Gasteiger charge is -2.11. The first-order chi connectivity index (χ1) is 15.8. The van der Waals surface area contributed by atoms with Gasteiger partial charge in [0, 0.05) is 24.3 Å². The second kappa shape index (κ2) is 11.3. The number of methoxy groups -OCH3 is 1. The van der Waals surface area contributed by atoms with Gasteiger partial charge in [0.1, 0.15) is 5.75 Å². The standard InChI is InChI=1S/C28H30N2O2/c1-31-26-17-11-12-23(20-26)21-32-19-10-4-9-18-30-22-29-27(24-13-5-2-6-14-24)28(30)25-15-7-3-8-16-25/h2-3,5-8,11-17,20,22H,4,9-10,18-19,21H2,1H3. The number of hydrogen-bond donors (Lipinski definition) is 0. The quantitative estimate of drug-likeness (QED) is 0.253. The number of imidazole rings is 1. The molecule has 0 aliphatic heterocycles. The molecule has 1 aromatic heterocycles. The monoisotopic (exact) mass is 426 g/mol. The summed E-state index contributed by atoms with van der Waals surface area (Å²) in [7, 11) is 1.69. The predicted molar refractivity (Wildman–Crippen MR) is 130 cm³/mol. The van der Waals surface area contributed by atoms with Gasteiger partial charge in [-0.25, -0.2) is 4.98 Å². The van der Waals surface area contributed by atoms with Gasteiger partial charge in [0.15, 0.2) is 0 Å². The highest BCUT2D eigenvalue weighted by atomic mass is 16.5. The molecule has 3 aromatic carbocycles. The van der Waals surface area contributed by atoms with Crippen molar-refractivity contribution in [3.05, 3.63) is 96.8 Å². The molecule has 0 amide bonds. The van der Waals surface area contributed by atoms with Crippen LogP contribution in [-0.4, -0.2) is 23.3 Å². The van der Waals surface area contributed by atoms with E-state index in [1.165, 1.54) is 11.3 Å². The average molecular weight is 427 g/mol. The second-order valence-corrected chi connectivity index (χ2v) is 7.83. The minimum absolute atomic E-state index is 0.622. The normalized spacial score (nSPS) is 10.9. The van der Waals surface area contributed by atoms with E-state index >= 15 is 0 Å². The molecule has 4 nitrogen and oxygen atoms in total. The van der Waals surface area contributed by atoms with Crippen molar-refractivity contribution in [1.29, 1.82) is 0 Å². The van der Waals surface area contributed by atoms with E-state index in [2.05, 4.69) is 65.2 Å². The summed E-state index contributed by atoms with van der Waals surface area (Å²) in [5.41, 5.74) is 5.72. The molecule has 1 heterocycles. The van der Waals surface area contributed by atoms with E-state index in [0.717, 1.165) is 55.0 Å². The lowest BCUT2D eigenvalue weighted by Crippen LogP contribution is -2.01. The fourth-order valence-corrected chi connectivity index (χ4v) is 3.87. The van der Waals surface area contributed by atoms with Crippen LogP contribution in [0.15, 0.2) is 91.3 Å². The number of unbranched alkanes of at least 4 members (excludes halogenated alkanes) is 2. The summed E-state index contributed by atoms with van der Waals surface area (Å²) in [5.74, 6) is 0.871. The number of nitrogens with zero attached hydrogens (tertiary/aromatic N) is 2. The summed E-state index contributed by atoms with van der Waals surface area (Å²) < 4.78 is 13.4. The lowest BCUT2D eigenvalue weighted by molar-refractivity contribution is 0.116. The van der Waals surface area contributed by atoms with E-state index in [4.69, 9.17) is 14.5 Å². The summed E-state index contributed by atoms with van der Waals surface area (Å²) in [6.45, 7) is 2.33. The van der Waals surface area contributed by atoms with E-state index in [1.807, 2.05) is 30.6 Å². The van der Waals surface area contributed by atoms with E-state index in [-0.39, 0.29) is 0 Å². The molecule has 0 spiro atoms. The predicted octanol–water partition coefficient (Wildman–Crippen LogP) is 6.61. The molecule has 0 saturated heterocycles. The van der Waals surface area contributed by atoms with Crippen molar-refractivity contribution >= 4 is 0 Å². The summed E-state index contributed by atoms with van der Waals surface area (Å²) in [4.78, 5) is 4.77. The van der Waals surface area contributed by atoms with Crippen LogP contribution in [0.5, 0.6) is 5.75 Å². The second-order valence-electron chi connectivity index (χ2n) is 7.83. The topological polar surface area (TPSA) is 36.3 Å².